The van der Waals surface area contributed by atoms with Crippen LogP contribution in [0.15, 0.2) is 53.0 Å². The molecule has 2 aromatic carbocycles. The smallest absolute Gasteiger partial charge is 0.384 e. The van der Waals surface area contributed by atoms with Crippen molar-refractivity contribution in [2.45, 2.75) is 12.3 Å². The van der Waals surface area contributed by atoms with Gasteiger partial charge in [-0.25, -0.2) is 0 Å². The molecule has 0 aromatic heterocycles. The third kappa shape index (κ3) is 3.36. The van der Waals surface area contributed by atoms with Crippen molar-refractivity contribution in [2.75, 3.05) is 0 Å². The van der Waals surface area contributed by atoms with Crippen LogP contribution in [0.5, 0.6) is 0 Å². The van der Waals surface area contributed by atoms with Gasteiger partial charge in [0.15, 0.2) is 0 Å². The van der Waals surface area contributed by atoms with Crippen LogP contribution in [0.25, 0.3) is 0 Å². The van der Waals surface area contributed by atoms with Crippen molar-refractivity contribution >= 4 is 15.9 Å². The summed E-state index contributed by atoms with van der Waals surface area (Å²) in [6.07, 6.45) is -5.31. The molecule has 0 amide bonds. The summed E-state index contributed by atoms with van der Waals surface area (Å²) in [5, 5.41) is 10.1. The van der Waals surface area contributed by atoms with Crippen molar-refractivity contribution in [2.24, 2.45) is 0 Å². The largest absolute Gasteiger partial charge is 0.416 e. The van der Waals surface area contributed by atoms with Crippen molar-refractivity contribution in [1.29, 1.82) is 0 Å². The normalized spacial score (nSPS) is 13.3. The highest BCUT2D eigenvalue weighted by Gasteiger charge is 2.30. The van der Waals surface area contributed by atoms with Gasteiger partial charge in [0, 0.05) is 4.47 Å². The van der Waals surface area contributed by atoms with Gasteiger partial charge < -0.3 is 5.11 Å². The van der Waals surface area contributed by atoms with Crippen LogP contribution in [0.4, 0.5) is 13.2 Å². The van der Waals surface area contributed by atoms with Crippen molar-refractivity contribution < 1.29 is 18.3 Å². The van der Waals surface area contributed by atoms with E-state index in [1.165, 1.54) is 12.1 Å². The fourth-order valence-corrected chi connectivity index (χ4v) is 2.14. The van der Waals surface area contributed by atoms with Gasteiger partial charge in [-0.3, -0.25) is 0 Å². The maximum atomic E-state index is 12.4. The zero-order valence-electron chi connectivity index (χ0n) is 9.66. The molecule has 0 aliphatic carbocycles. The molecule has 0 bridgehead atoms. The number of alkyl halides is 3. The van der Waals surface area contributed by atoms with Crippen LogP contribution < -0.4 is 0 Å². The lowest BCUT2D eigenvalue weighted by molar-refractivity contribution is -0.137. The Morgan fingerprint density at radius 3 is 2.11 bits per heavy atom. The van der Waals surface area contributed by atoms with Crippen LogP contribution in [0, 0.1) is 0 Å². The molecular formula is C14H10BrF3O. The fraction of sp³-hybridized carbons (Fsp3) is 0.143. The summed E-state index contributed by atoms with van der Waals surface area (Å²) in [4.78, 5) is 0. The van der Waals surface area contributed by atoms with Crippen LogP contribution in [0.3, 0.4) is 0 Å². The first-order valence-electron chi connectivity index (χ1n) is 5.48. The molecule has 0 saturated heterocycles. The van der Waals surface area contributed by atoms with E-state index in [2.05, 4.69) is 15.9 Å². The summed E-state index contributed by atoms with van der Waals surface area (Å²) in [7, 11) is 0. The molecule has 0 aliphatic heterocycles. The second-order valence-corrected chi connectivity index (χ2v) is 4.99. The molecule has 1 nitrogen and oxygen atoms in total. The first-order valence-corrected chi connectivity index (χ1v) is 6.28. The number of aliphatic hydroxyl groups is 1. The predicted molar refractivity (Wildman–Crippen MR) is 69.6 cm³/mol. The van der Waals surface area contributed by atoms with E-state index in [0.29, 0.717) is 11.1 Å². The first-order chi connectivity index (χ1) is 8.88. The maximum absolute atomic E-state index is 12.4. The van der Waals surface area contributed by atoms with Crippen molar-refractivity contribution in [3.05, 3.63) is 69.7 Å². The molecule has 0 spiro atoms. The summed E-state index contributed by atoms with van der Waals surface area (Å²) in [6, 6.07) is 11.5. The van der Waals surface area contributed by atoms with E-state index in [-0.39, 0.29) is 0 Å². The number of hydrogen-bond donors (Lipinski definition) is 1. The summed E-state index contributed by atoms with van der Waals surface area (Å²) in [5.74, 6) is 0. The van der Waals surface area contributed by atoms with Crippen LogP contribution in [-0.4, -0.2) is 5.11 Å². The van der Waals surface area contributed by atoms with Gasteiger partial charge in [0.05, 0.1) is 5.56 Å². The Kier molecular flexibility index (Phi) is 3.96. The van der Waals surface area contributed by atoms with Gasteiger partial charge in [-0.1, -0.05) is 40.2 Å². The number of hydrogen-bond acceptors (Lipinski definition) is 1. The third-order valence-electron chi connectivity index (χ3n) is 2.72. The van der Waals surface area contributed by atoms with E-state index in [1.54, 1.807) is 18.2 Å². The van der Waals surface area contributed by atoms with Crippen molar-refractivity contribution in [3.63, 3.8) is 0 Å². The Balaban J connectivity index is 2.27. The monoisotopic (exact) mass is 330 g/mol. The van der Waals surface area contributed by atoms with E-state index in [9.17, 15) is 18.3 Å². The molecule has 100 valence electrons. The third-order valence-corrected chi connectivity index (χ3v) is 3.21. The second kappa shape index (κ2) is 5.35. The Labute approximate surface area is 116 Å². The lowest BCUT2D eigenvalue weighted by Crippen LogP contribution is -2.06. The zero-order valence-corrected chi connectivity index (χ0v) is 11.2. The summed E-state index contributed by atoms with van der Waals surface area (Å²) >= 11 is 3.28. The molecule has 2 rings (SSSR count). The highest BCUT2D eigenvalue weighted by molar-refractivity contribution is 9.10. The Morgan fingerprint density at radius 2 is 1.58 bits per heavy atom. The fourth-order valence-electron chi connectivity index (χ4n) is 1.72. The molecule has 0 fully saturated rings. The summed E-state index contributed by atoms with van der Waals surface area (Å²) in [5.41, 5.74) is 0.318. The molecule has 0 radical (unpaired) electrons. The Hall–Kier alpha value is -1.33. The average Bonchev–Trinajstić information content (AvgIpc) is 2.37. The minimum Gasteiger partial charge on any atom is -0.384 e. The summed E-state index contributed by atoms with van der Waals surface area (Å²) < 4.78 is 38.1. The average molecular weight is 331 g/mol. The molecule has 0 aliphatic rings. The van der Waals surface area contributed by atoms with Gasteiger partial charge in [0.2, 0.25) is 0 Å². The highest BCUT2D eigenvalue weighted by atomic mass is 79.9. The standard InChI is InChI=1S/C14H10BrF3O/c15-12-3-1-2-10(8-12)13(19)9-4-6-11(7-5-9)14(16,17)18/h1-8,13,19H. The SMILES string of the molecule is OC(c1ccc(C(F)(F)F)cc1)c1cccc(Br)c1. The van der Waals surface area contributed by atoms with E-state index < -0.39 is 17.8 Å². The lowest BCUT2D eigenvalue weighted by atomic mass is 10.0. The molecule has 5 heteroatoms. The van der Waals surface area contributed by atoms with Gasteiger partial charge in [-0.2, -0.15) is 13.2 Å². The topological polar surface area (TPSA) is 20.2 Å². The molecule has 1 atom stereocenters. The van der Waals surface area contributed by atoms with Crippen LogP contribution in [0.1, 0.15) is 22.8 Å². The van der Waals surface area contributed by atoms with E-state index >= 15 is 0 Å². The number of aliphatic hydroxyl groups excluding tert-OH is 1. The molecule has 0 heterocycles. The van der Waals surface area contributed by atoms with E-state index in [4.69, 9.17) is 0 Å². The first kappa shape index (κ1) is 14.1. The number of rotatable bonds is 2. The molecule has 19 heavy (non-hydrogen) atoms. The predicted octanol–water partition coefficient (Wildman–Crippen LogP) is 4.55. The van der Waals surface area contributed by atoms with Crippen LogP contribution in [-0.2, 0) is 6.18 Å². The Morgan fingerprint density at radius 1 is 0.947 bits per heavy atom. The van der Waals surface area contributed by atoms with Crippen LogP contribution >= 0.6 is 15.9 Å². The minimum absolute atomic E-state index is 0.422. The quantitative estimate of drug-likeness (QED) is 0.856. The zero-order chi connectivity index (χ0) is 14.0. The van der Waals surface area contributed by atoms with E-state index in [0.717, 1.165) is 16.6 Å². The second-order valence-electron chi connectivity index (χ2n) is 4.08. The van der Waals surface area contributed by atoms with Crippen LogP contribution in [0.2, 0.25) is 0 Å². The number of halogens is 4. The van der Waals surface area contributed by atoms with Gasteiger partial charge in [0.1, 0.15) is 6.10 Å². The molecule has 0 saturated carbocycles. The van der Waals surface area contributed by atoms with Gasteiger partial charge in [0.25, 0.3) is 0 Å². The van der Waals surface area contributed by atoms with Gasteiger partial charge >= 0.3 is 6.18 Å². The number of benzene rings is 2. The summed E-state index contributed by atoms with van der Waals surface area (Å²) in [6.45, 7) is 0. The van der Waals surface area contributed by atoms with Gasteiger partial charge in [-0.05, 0) is 35.4 Å². The minimum atomic E-state index is -4.36. The van der Waals surface area contributed by atoms with Gasteiger partial charge in [-0.15, -0.1) is 0 Å². The van der Waals surface area contributed by atoms with Crippen molar-refractivity contribution in [1.82, 2.24) is 0 Å². The highest BCUT2D eigenvalue weighted by Crippen LogP contribution is 2.31. The molecule has 2 aromatic rings. The Bertz CT molecular complexity index is 564. The molecule has 1 unspecified atom stereocenters. The lowest BCUT2D eigenvalue weighted by Gasteiger charge is -2.13. The molecular weight excluding hydrogens is 321 g/mol. The maximum Gasteiger partial charge on any atom is 0.416 e. The molecule has 1 N–H and O–H groups in total. The van der Waals surface area contributed by atoms with Crippen molar-refractivity contribution in [3.8, 4) is 0 Å². The van der Waals surface area contributed by atoms with E-state index in [1.807, 2.05) is 6.07 Å².